The van der Waals surface area contributed by atoms with E-state index in [9.17, 15) is 5.11 Å². The number of hydrogen-bond acceptors (Lipinski definition) is 0. The van der Waals surface area contributed by atoms with Crippen molar-refractivity contribution in [1.82, 2.24) is 0 Å². The number of hydrogen-bond donors (Lipinski definition) is 0. The van der Waals surface area contributed by atoms with Crippen LogP contribution in [0.5, 0.6) is 0 Å². The molecule has 0 saturated carbocycles. The van der Waals surface area contributed by atoms with Gasteiger partial charge >= 0.3 is 0 Å². The largest absolute Gasteiger partial charge is 0.228 e. The molecule has 2 heteroatoms. The lowest BCUT2D eigenvalue weighted by Crippen LogP contribution is -1.93. The minimum absolute atomic E-state index is 0.590. The third-order valence-electron chi connectivity index (χ3n) is 1.79. The molecule has 65 valence electrons. The van der Waals surface area contributed by atoms with E-state index in [1.54, 1.807) is 24.3 Å². The normalized spacial score (nSPS) is 12.9. The highest BCUT2D eigenvalue weighted by Gasteiger charge is 2.06. The summed E-state index contributed by atoms with van der Waals surface area (Å²) in [6.45, 7) is 2.01. The van der Waals surface area contributed by atoms with Gasteiger partial charge in [-0.25, -0.2) is 5.11 Å². The van der Waals surface area contributed by atoms with Crippen LogP contribution >= 0.6 is 11.6 Å². The third kappa shape index (κ3) is 2.50. The van der Waals surface area contributed by atoms with E-state index < -0.39 is 6.10 Å². The first-order valence-electron chi connectivity index (χ1n) is 4.15. The first-order valence-corrected chi connectivity index (χ1v) is 4.53. The zero-order valence-electron chi connectivity index (χ0n) is 7.09. The zero-order chi connectivity index (χ0) is 8.97. The van der Waals surface area contributed by atoms with Crippen molar-refractivity contribution in [3.63, 3.8) is 0 Å². The topological polar surface area (TPSA) is 19.9 Å². The van der Waals surface area contributed by atoms with Gasteiger partial charge in [-0.15, -0.1) is 0 Å². The van der Waals surface area contributed by atoms with Crippen molar-refractivity contribution in [2.75, 3.05) is 0 Å². The molecule has 0 N–H and O–H groups in total. The van der Waals surface area contributed by atoms with Crippen LogP contribution < -0.4 is 0 Å². The Morgan fingerprint density at radius 3 is 2.42 bits per heavy atom. The highest BCUT2D eigenvalue weighted by atomic mass is 35.5. The van der Waals surface area contributed by atoms with Crippen molar-refractivity contribution in [1.29, 1.82) is 0 Å². The van der Waals surface area contributed by atoms with Crippen LogP contribution in [0.3, 0.4) is 0 Å². The second-order valence-electron chi connectivity index (χ2n) is 2.83. The van der Waals surface area contributed by atoms with Crippen LogP contribution in [0.25, 0.3) is 0 Å². The molecule has 1 radical (unpaired) electrons. The summed E-state index contributed by atoms with van der Waals surface area (Å²) in [4.78, 5) is 0. The van der Waals surface area contributed by atoms with Crippen molar-refractivity contribution in [2.45, 2.75) is 25.9 Å². The predicted molar refractivity (Wildman–Crippen MR) is 49.8 cm³/mol. The van der Waals surface area contributed by atoms with Crippen LogP contribution in [-0.4, -0.2) is 0 Å². The fourth-order valence-electron chi connectivity index (χ4n) is 1.11. The lowest BCUT2D eigenvalue weighted by molar-refractivity contribution is 0.0805. The van der Waals surface area contributed by atoms with Crippen LogP contribution in [0.1, 0.15) is 31.4 Å². The van der Waals surface area contributed by atoms with E-state index in [0.717, 1.165) is 12.0 Å². The second-order valence-corrected chi connectivity index (χ2v) is 3.27. The molecule has 1 aromatic rings. The average Bonchev–Trinajstić information content (AvgIpc) is 2.06. The lowest BCUT2D eigenvalue weighted by atomic mass is 10.1. The Morgan fingerprint density at radius 1 is 1.33 bits per heavy atom. The molecular formula is C10H12ClO. The van der Waals surface area contributed by atoms with Gasteiger partial charge in [0.2, 0.25) is 0 Å². The Morgan fingerprint density at radius 2 is 1.92 bits per heavy atom. The van der Waals surface area contributed by atoms with Gasteiger partial charge in [-0.3, -0.25) is 0 Å². The molecule has 0 spiro atoms. The van der Waals surface area contributed by atoms with Gasteiger partial charge in [0.1, 0.15) is 6.10 Å². The van der Waals surface area contributed by atoms with Crippen molar-refractivity contribution < 1.29 is 5.11 Å². The van der Waals surface area contributed by atoms with Gasteiger partial charge in [-0.05, 0) is 24.1 Å². The van der Waals surface area contributed by atoms with Gasteiger partial charge in [0.05, 0.1) is 0 Å². The molecule has 1 nitrogen and oxygen atoms in total. The molecule has 0 aliphatic rings. The Kier molecular flexibility index (Phi) is 3.57. The Bertz CT molecular complexity index is 230. The molecule has 1 rings (SSSR count). The van der Waals surface area contributed by atoms with E-state index in [4.69, 9.17) is 11.6 Å². The predicted octanol–water partition coefficient (Wildman–Crippen LogP) is 3.61. The highest BCUT2D eigenvalue weighted by molar-refractivity contribution is 6.30. The van der Waals surface area contributed by atoms with Crippen LogP contribution in [0.2, 0.25) is 5.02 Å². The number of benzene rings is 1. The van der Waals surface area contributed by atoms with Gasteiger partial charge in [-0.2, -0.15) is 0 Å². The maximum atomic E-state index is 11.4. The molecule has 1 unspecified atom stereocenters. The third-order valence-corrected chi connectivity index (χ3v) is 2.04. The van der Waals surface area contributed by atoms with E-state index in [1.165, 1.54) is 0 Å². The Labute approximate surface area is 78.0 Å². The number of rotatable bonds is 3. The van der Waals surface area contributed by atoms with Crippen LogP contribution in [0.15, 0.2) is 24.3 Å². The summed E-state index contributed by atoms with van der Waals surface area (Å²) in [6.07, 6.45) is 1.03. The average molecular weight is 184 g/mol. The second kappa shape index (κ2) is 4.48. The molecule has 0 fully saturated rings. The summed E-state index contributed by atoms with van der Waals surface area (Å²) < 4.78 is 0. The van der Waals surface area contributed by atoms with Gasteiger partial charge in [0.15, 0.2) is 0 Å². The Balaban J connectivity index is 2.68. The van der Waals surface area contributed by atoms with Gasteiger partial charge in [-0.1, -0.05) is 37.1 Å². The maximum absolute atomic E-state index is 11.4. The van der Waals surface area contributed by atoms with E-state index in [0.29, 0.717) is 11.4 Å². The fraction of sp³-hybridized carbons (Fsp3) is 0.400. The maximum Gasteiger partial charge on any atom is 0.118 e. The van der Waals surface area contributed by atoms with Crippen LogP contribution in [0.4, 0.5) is 0 Å². The van der Waals surface area contributed by atoms with E-state index >= 15 is 0 Å². The smallest absolute Gasteiger partial charge is 0.118 e. The standard InChI is InChI=1S/C10H12ClO/c1-2-3-10(12)8-4-6-9(11)7-5-8/h4-7,10H,2-3H2,1H3. The lowest BCUT2D eigenvalue weighted by Gasteiger charge is -2.06. The van der Waals surface area contributed by atoms with Crippen molar-refractivity contribution in [3.8, 4) is 0 Å². The molecule has 0 bridgehead atoms. The highest BCUT2D eigenvalue weighted by Crippen LogP contribution is 2.20. The van der Waals surface area contributed by atoms with Gasteiger partial charge < -0.3 is 0 Å². The quantitative estimate of drug-likeness (QED) is 0.682. The molecule has 1 aromatic carbocycles. The van der Waals surface area contributed by atoms with Crippen molar-refractivity contribution >= 4 is 11.6 Å². The summed E-state index contributed by atoms with van der Waals surface area (Å²) >= 11 is 5.69. The molecule has 12 heavy (non-hydrogen) atoms. The summed E-state index contributed by atoms with van der Waals surface area (Å²) in [5.74, 6) is 0. The number of halogens is 1. The molecular weight excluding hydrogens is 172 g/mol. The first-order chi connectivity index (χ1) is 5.74. The summed E-state index contributed by atoms with van der Waals surface area (Å²) in [5, 5.41) is 12.1. The van der Waals surface area contributed by atoms with Crippen LogP contribution in [0, 0.1) is 0 Å². The Hall–Kier alpha value is -0.530. The SMILES string of the molecule is CCCC([O])c1ccc(Cl)cc1. The van der Waals surface area contributed by atoms with Crippen molar-refractivity contribution in [3.05, 3.63) is 34.9 Å². The van der Waals surface area contributed by atoms with Gasteiger partial charge in [0, 0.05) is 5.02 Å². The molecule has 0 aliphatic heterocycles. The summed E-state index contributed by atoms with van der Waals surface area (Å²) in [6, 6.07) is 7.13. The molecule has 0 aromatic heterocycles. The molecule has 0 saturated heterocycles. The van der Waals surface area contributed by atoms with E-state index in [1.807, 2.05) is 6.92 Å². The summed E-state index contributed by atoms with van der Waals surface area (Å²) in [7, 11) is 0. The van der Waals surface area contributed by atoms with E-state index in [-0.39, 0.29) is 0 Å². The molecule has 0 heterocycles. The minimum Gasteiger partial charge on any atom is -0.228 e. The van der Waals surface area contributed by atoms with Gasteiger partial charge in [0.25, 0.3) is 0 Å². The first kappa shape index (κ1) is 9.56. The minimum atomic E-state index is -0.590. The zero-order valence-corrected chi connectivity index (χ0v) is 7.84. The van der Waals surface area contributed by atoms with Crippen molar-refractivity contribution in [2.24, 2.45) is 0 Å². The van der Waals surface area contributed by atoms with Crippen LogP contribution in [-0.2, 0) is 5.11 Å². The fourth-order valence-corrected chi connectivity index (χ4v) is 1.23. The van der Waals surface area contributed by atoms with E-state index in [2.05, 4.69) is 0 Å². The summed E-state index contributed by atoms with van der Waals surface area (Å²) in [5.41, 5.74) is 0.834. The molecule has 1 atom stereocenters. The monoisotopic (exact) mass is 183 g/mol. The molecule has 0 aliphatic carbocycles. The molecule has 0 amide bonds.